The molecule has 0 saturated carbocycles. The summed E-state index contributed by atoms with van der Waals surface area (Å²) >= 11 is 0. The first-order valence-electron chi connectivity index (χ1n) is 31.4. The van der Waals surface area contributed by atoms with Gasteiger partial charge in [-0.25, -0.2) is 4.79 Å². The quantitative estimate of drug-likeness (QED) is 0.0441. The topological polar surface area (TPSA) is 378 Å². The summed E-state index contributed by atoms with van der Waals surface area (Å²) in [7, 11) is 5.98. The fourth-order valence-electron chi connectivity index (χ4n) is 11.4. The van der Waals surface area contributed by atoms with Gasteiger partial charge in [-0.3, -0.25) is 62.5 Å². The Bertz CT molecular complexity index is 2930. The minimum absolute atomic E-state index is 0.111. The highest BCUT2D eigenvalue weighted by atomic mass is 16.6. The highest BCUT2D eigenvalue weighted by molar-refractivity contribution is 6.13. The summed E-state index contributed by atoms with van der Waals surface area (Å²) in [5, 5.41) is 45.7. The highest BCUT2D eigenvalue weighted by Gasteiger charge is 2.44. The average molecular weight is 1310 g/mol. The van der Waals surface area contributed by atoms with Gasteiger partial charge in [-0.15, -0.1) is 0 Å². The van der Waals surface area contributed by atoms with E-state index in [9.17, 15) is 72.9 Å². The van der Waals surface area contributed by atoms with Gasteiger partial charge in [-0.05, 0) is 74.1 Å². The number of likely N-dealkylation sites (tertiary alicyclic amines) is 1. The lowest BCUT2D eigenvalue weighted by molar-refractivity contribution is -0.148. The number of aliphatic carboxylic acids is 1. The van der Waals surface area contributed by atoms with Crippen molar-refractivity contribution < 1.29 is 87.1 Å². The number of ether oxygens (including phenoxy) is 3. The van der Waals surface area contributed by atoms with E-state index in [0.29, 0.717) is 36.9 Å². The minimum Gasteiger partial charge on any atom is -0.481 e. The molecule has 1 saturated heterocycles. The second-order valence-electron chi connectivity index (χ2n) is 24.5. The standard InChI is InChI=1S/C65H96N10O18/c1-14-38(6)56(48(91-12)33-52(80)74-31-18-21-47(74)58(92-13)39(7)59(84)67-40(8)57(83)43-19-16-15-17-20-43)72(10)64(89)54(36(2)3)71-63(88)55(37(4)5)73(11)65(90)93-35-42-22-24-44(25-23-42)68-61(86)45(26-29-53(81)82)69-62(87)46(34-76)70-60(85)41(9)66-49(77)30-32-75-50(78)27-28-51(75)79/h15-17,19-20,22-25,27-28,36-41,45-48,54-58,76,83H,14,18,21,26,29-35H2,1-13H3,(H,66,77)(H,67,84)(H,68,86)(H,69,87)(H,70,85)(H,71,88)(H,81,82)/t38-,39+,40+,41-,45-,46-,47-,48+,54-,55-,56-,57+,58+/m0/s1. The molecule has 0 unspecified atom stereocenters. The van der Waals surface area contributed by atoms with Crippen LogP contribution < -0.4 is 31.9 Å². The lowest BCUT2D eigenvalue weighted by Crippen LogP contribution is -2.60. The van der Waals surface area contributed by atoms with Crippen LogP contribution in [0.4, 0.5) is 10.5 Å². The molecule has 9 N–H and O–H groups in total. The molecule has 0 aromatic heterocycles. The van der Waals surface area contributed by atoms with Gasteiger partial charge in [0.1, 0.15) is 36.8 Å². The number of rotatable bonds is 36. The van der Waals surface area contributed by atoms with Crippen LogP contribution >= 0.6 is 0 Å². The number of carbonyl (C=O) groups excluding carboxylic acids is 11. The van der Waals surface area contributed by atoms with Crippen molar-refractivity contribution in [3.63, 3.8) is 0 Å². The molecule has 0 bridgehead atoms. The van der Waals surface area contributed by atoms with Crippen molar-refractivity contribution in [2.45, 2.75) is 181 Å². The number of benzene rings is 2. The largest absolute Gasteiger partial charge is 0.481 e. The molecule has 13 atom stereocenters. The van der Waals surface area contributed by atoms with Crippen molar-refractivity contribution in [2.24, 2.45) is 23.7 Å². The van der Waals surface area contributed by atoms with E-state index in [0.717, 1.165) is 22.0 Å². The summed E-state index contributed by atoms with van der Waals surface area (Å²) in [6.07, 6.45) is -0.770. The number of aliphatic hydroxyl groups is 2. The van der Waals surface area contributed by atoms with E-state index in [1.807, 2.05) is 19.9 Å². The van der Waals surface area contributed by atoms with Crippen molar-refractivity contribution in [1.29, 1.82) is 0 Å². The molecule has 2 aliphatic heterocycles. The number of likely N-dealkylation sites (N-methyl/N-ethyl adjacent to an activating group) is 2. The zero-order valence-corrected chi connectivity index (χ0v) is 55.5. The van der Waals surface area contributed by atoms with Crippen LogP contribution in [0.1, 0.15) is 124 Å². The van der Waals surface area contributed by atoms with E-state index in [4.69, 9.17) is 14.2 Å². The lowest BCUT2D eigenvalue weighted by Gasteiger charge is -2.41. The highest BCUT2D eigenvalue weighted by Crippen LogP contribution is 2.30. The number of carbonyl (C=O) groups is 12. The molecule has 28 nitrogen and oxygen atoms in total. The SMILES string of the molecule is CC[C@H](C)[C@@H]([C@@H](CC(=O)N1CCC[C@H]1[C@H](OC)[C@@H](C)C(=O)N[C@H](C)[C@@H](O)c1ccccc1)OC)N(C)C(=O)[C@@H](NC(=O)[C@H](C(C)C)N(C)C(=O)OCc1ccc(NC(=O)[C@H](CCC(=O)O)NC(=O)[C@H](CO)NC(=O)[C@H](C)NC(=O)CCN2C(=O)C=CC2=O)cc1)C(C)C. The van der Waals surface area contributed by atoms with Crippen LogP contribution in [0, 0.1) is 23.7 Å². The summed E-state index contributed by atoms with van der Waals surface area (Å²) < 4.78 is 17.6. The first-order chi connectivity index (χ1) is 43.9. The number of anilines is 1. The molecular formula is C65H96N10O18. The van der Waals surface area contributed by atoms with Crippen LogP contribution in [0.25, 0.3) is 0 Å². The number of carboxylic acid groups (broad SMARTS) is 1. The Labute approximate surface area is 543 Å². The van der Waals surface area contributed by atoms with Gasteiger partial charge in [-0.1, -0.05) is 97.4 Å². The van der Waals surface area contributed by atoms with Crippen molar-refractivity contribution in [2.75, 3.05) is 53.3 Å². The van der Waals surface area contributed by atoms with Crippen molar-refractivity contribution in [3.8, 4) is 0 Å². The summed E-state index contributed by atoms with van der Waals surface area (Å²) in [5.41, 5.74) is 1.28. The molecule has 2 aromatic carbocycles. The van der Waals surface area contributed by atoms with Gasteiger partial charge < -0.3 is 71.2 Å². The molecule has 2 heterocycles. The zero-order valence-electron chi connectivity index (χ0n) is 55.5. The number of aliphatic hydroxyl groups excluding tert-OH is 2. The van der Waals surface area contributed by atoms with Crippen molar-refractivity contribution in [1.82, 2.24) is 46.2 Å². The van der Waals surface area contributed by atoms with E-state index in [1.165, 1.54) is 57.4 Å². The van der Waals surface area contributed by atoms with Crippen LogP contribution in [0.15, 0.2) is 66.7 Å². The number of imide groups is 1. The summed E-state index contributed by atoms with van der Waals surface area (Å²) in [5.74, 6) is -9.52. The van der Waals surface area contributed by atoms with Crippen LogP contribution in [0.2, 0.25) is 0 Å². The predicted molar refractivity (Wildman–Crippen MR) is 339 cm³/mol. The maximum atomic E-state index is 14.8. The number of hydrogen-bond acceptors (Lipinski definition) is 17. The van der Waals surface area contributed by atoms with Crippen LogP contribution in [0.3, 0.4) is 0 Å². The molecule has 0 spiro atoms. The number of nitrogens with zero attached hydrogens (tertiary/aromatic N) is 4. The molecule has 28 heteroatoms. The Kier molecular flexibility index (Phi) is 30.5. The third-order valence-electron chi connectivity index (χ3n) is 17.0. The van der Waals surface area contributed by atoms with Gasteiger partial charge in [0.2, 0.25) is 47.3 Å². The summed E-state index contributed by atoms with van der Waals surface area (Å²) in [6.45, 7) is 14.6. The van der Waals surface area contributed by atoms with Crippen LogP contribution in [0.5, 0.6) is 0 Å². The molecule has 2 aliphatic rings. The van der Waals surface area contributed by atoms with E-state index < -0.39 is 163 Å². The molecule has 93 heavy (non-hydrogen) atoms. The maximum absolute atomic E-state index is 14.8. The molecular weight excluding hydrogens is 1210 g/mol. The van der Waals surface area contributed by atoms with E-state index in [2.05, 4.69) is 31.9 Å². The Balaban J connectivity index is 1.36. The number of methoxy groups -OCH3 is 2. The smallest absolute Gasteiger partial charge is 0.410 e. The number of hydrogen-bond donors (Lipinski definition) is 9. The minimum atomic E-state index is -1.65. The van der Waals surface area contributed by atoms with Gasteiger partial charge in [0.05, 0.1) is 55.4 Å². The molecule has 4 rings (SSSR count). The maximum Gasteiger partial charge on any atom is 0.410 e. The Morgan fingerprint density at radius 1 is 0.710 bits per heavy atom. The van der Waals surface area contributed by atoms with Crippen molar-refractivity contribution >= 4 is 76.8 Å². The van der Waals surface area contributed by atoms with Crippen LogP contribution in [-0.4, -0.2) is 215 Å². The van der Waals surface area contributed by atoms with E-state index in [-0.39, 0.29) is 49.4 Å². The lowest BCUT2D eigenvalue weighted by atomic mass is 9.89. The molecule has 514 valence electrons. The molecule has 2 aromatic rings. The summed E-state index contributed by atoms with van der Waals surface area (Å²) in [4.78, 5) is 163. The number of nitrogens with one attached hydrogen (secondary N) is 6. The first-order valence-corrected chi connectivity index (χ1v) is 31.4. The van der Waals surface area contributed by atoms with E-state index in [1.54, 1.807) is 77.8 Å². The second kappa shape index (κ2) is 36.8. The van der Waals surface area contributed by atoms with E-state index >= 15 is 0 Å². The fourth-order valence-corrected chi connectivity index (χ4v) is 11.4. The average Bonchev–Trinajstić information content (AvgIpc) is 1.81. The van der Waals surface area contributed by atoms with Gasteiger partial charge >= 0.3 is 12.1 Å². The fraction of sp³-hybridized carbons (Fsp3) is 0.600. The predicted octanol–water partition coefficient (Wildman–Crippen LogP) is 2.16. The van der Waals surface area contributed by atoms with Crippen LogP contribution in [-0.2, 0) is 73.6 Å². The van der Waals surface area contributed by atoms with Gasteiger partial charge in [0.25, 0.3) is 11.8 Å². The van der Waals surface area contributed by atoms with Crippen molar-refractivity contribution in [3.05, 3.63) is 77.9 Å². The zero-order chi connectivity index (χ0) is 69.6. The third kappa shape index (κ3) is 21.9. The Hall–Kier alpha value is -8.34. The monoisotopic (exact) mass is 1300 g/mol. The molecule has 0 radical (unpaired) electrons. The molecule has 0 aliphatic carbocycles. The molecule has 1 fully saturated rings. The Morgan fingerprint density at radius 2 is 1.33 bits per heavy atom. The van der Waals surface area contributed by atoms with Gasteiger partial charge in [0, 0.05) is 72.1 Å². The van der Waals surface area contributed by atoms with Gasteiger partial charge in [-0.2, -0.15) is 0 Å². The Morgan fingerprint density at radius 3 is 1.89 bits per heavy atom. The second-order valence-corrected chi connectivity index (χ2v) is 24.5. The number of amides is 11. The normalized spacial score (nSPS) is 17.7. The van der Waals surface area contributed by atoms with Gasteiger partial charge in [0.15, 0.2) is 0 Å². The first kappa shape index (κ1) is 77.1. The molecule has 11 amide bonds. The summed E-state index contributed by atoms with van der Waals surface area (Å²) in [6, 6.07) is 6.59. The third-order valence-corrected chi connectivity index (χ3v) is 17.0. The number of carboxylic acids is 1.